The lowest BCUT2D eigenvalue weighted by molar-refractivity contribution is 0.0465. The van der Waals surface area contributed by atoms with Crippen LogP contribution in [0.15, 0.2) is 31.7 Å². The molecule has 0 bridgehead atoms. The molecule has 0 saturated carbocycles. The summed E-state index contributed by atoms with van der Waals surface area (Å²) in [6, 6.07) is 4.28. The van der Waals surface area contributed by atoms with E-state index in [0.717, 1.165) is 68.5 Å². The topological polar surface area (TPSA) is 135 Å². The van der Waals surface area contributed by atoms with Crippen LogP contribution in [0.2, 0.25) is 0 Å². The third kappa shape index (κ3) is 7.72. The van der Waals surface area contributed by atoms with Crippen molar-refractivity contribution in [1.29, 1.82) is 0 Å². The molecule has 0 unspecified atom stereocenters. The molecule has 4 N–H and O–H groups in total. The van der Waals surface area contributed by atoms with E-state index < -0.39 is 0 Å². The highest BCUT2D eigenvalue weighted by atomic mass is 79.9. The van der Waals surface area contributed by atoms with Crippen molar-refractivity contribution in [2.24, 2.45) is 0 Å². The Bertz CT molecular complexity index is 1870. The Hall–Kier alpha value is -2.13. The van der Waals surface area contributed by atoms with Gasteiger partial charge in [0.2, 0.25) is 0 Å². The van der Waals surface area contributed by atoms with Gasteiger partial charge in [-0.25, -0.2) is 9.97 Å². The van der Waals surface area contributed by atoms with Crippen molar-refractivity contribution >= 4 is 83.9 Å². The number of nitrogens with one attached hydrogen (secondary N) is 4. The average Bonchev–Trinajstić information content (AvgIpc) is 3.71. The maximum absolute atomic E-state index is 12.4. The number of likely N-dealkylation sites (tertiary alicyclic amines) is 1. The van der Waals surface area contributed by atoms with Crippen molar-refractivity contribution in [2.75, 3.05) is 13.1 Å². The number of piperidine rings is 2. The fourth-order valence-electron chi connectivity index (χ4n) is 6.05. The highest BCUT2D eigenvalue weighted by Gasteiger charge is 2.33. The van der Waals surface area contributed by atoms with Crippen LogP contribution < -0.4 is 16.4 Å². The summed E-state index contributed by atoms with van der Waals surface area (Å²) in [5, 5.41) is 10.4. The Morgan fingerprint density at radius 1 is 0.911 bits per heavy atom. The van der Waals surface area contributed by atoms with Crippen LogP contribution >= 0.6 is 63.4 Å². The number of aromatic nitrogens is 6. The van der Waals surface area contributed by atoms with E-state index in [-0.39, 0.29) is 53.6 Å². The van der Waals surface area contributed by atoms with E-state index in [1.165, 1.54) is 48.4 Å². The summed E-state index contributed by atoms with van der Waals surface area (Å²) >= 11 is 6.34. The molecule has 0 spiro atoms. The first-order valence-electron chi connectivity index (χ1n) is 14.8. The third-order valence-corrected chi connectivity index (χ3v) is 11.0. The van der Waals surface area contributed by atoms with E-state index in [9.17, 15) is 9.59 Å². The van der Waals surface area contributed by atoms with Gasteiger partial charge in [-0.3, -0.25) is 19.6 Å². The van der Waals surface area contributed by atoms with E-state index >= 15 is 0 Å². The number of rotatable bonds is 3. The number of nitrogens with zero attached hydrogens (tertiary/aromatic N) is 4. The summed E-state index contributed by atoms with van der Waals surface area (Å²) in [5.41, 5.74) is 3.59. The van der Waals surface area contributed by atoms with E-state index in [1.807, 2.05) is 19.1 Å². The Balaban J connectivity index is 0.000000196. The largest absolute Gasteiger partial charge is 0.308 e. The molecule has 2 aliphatic rings. The minimum Gasteiger partial charge on any atom is -0.308 e. The standard InChI is InChI=1S/C15H20BrN3OS.C15H17N5OS.2ClH/c1-15(2,3)19-7-5-4-6-10(19)13-17-9-8-11(16)21-12(9)14(20)18-13;1-8-9(7-17-20-8)12-6-11-13(22-12)15(21)19-14(18-11)10-4-2-3-5-16-10;;/h8,10H,4-7H2,1-3H3,(H,17,18,20);6-7,10,16H,2-5H2,1H3,(H,17,20)(H,18,19,21);2*1H/t2*10-;;/m00../s1. The predicted molar refractivity (Wildman–Crippen MR) is 193 cm³/mol. The summed E-state index contributed by atoms with van der Waals surface area (Å²) in [6.45, 7) is 10.7. The summed E-state index contributed by atoms with van der Waals surface area (Å²) in [6.07, 6.45) is 8.62. The van der Waals surface area contributed by atoms with Gasteiger partial charge < -0.3 is 15.3 Å². The Labute approximate surface area is 290 Å². The van der Waals surface area contributed by atoms with Crippen LogP contribution in [0.3, 0.4) is 0 Å². The summed E-state index contributed by atoms with van der Waals surface area (Å²) in [4.78, 5) is 43.5. The van der Waals surface area contributed by atoms with Crippen molar-refractivity contribution in [3.63, 3.8) is 0 Å². The van der Waals surface area contributed by atoms with Crippen LogP contribution in [0.25, 0.3) is 30.9 Å². The van der Waals surface area contributed by atoms with Crippen molar-refractivity contribution in [2.45, 2.75) is 83.8 Å². The van der Waals surface area contributed by atoms with Crippen molar-refractivity contribution < 1.29 is 0 Å². The molecule has 2 saturated heterocycles. The summed E-state index contributed by atoms with van der Waals surface area (Å²) in [7, 11) is 0. The molecule has 5 aromatic rings. The average molecular weight is 759 g/mol. The highest BCUT2D eigenvalue weighted by molar-refractivity contribution is 9.11. The van der Waals surface area contributed by atoms with E-state index in [0.29, 0.717) is 9.40 Å². The van der Waals surface area contributed by atoms with Gasteiger partial charge in [0.15, 0.2) is 0 Å². The SMILES string of the molecule is CC(C)(C)N1CCCC[C@H]1c1nc2cc(Br)sc2c(=O)[nH]1.Cc1[nH]ncc1-c1cc2nc([C@@H]3CCCCN3)[nH]c(=O)c2s1.Cl.Cl. The van der Waals surface area contributed by atoms with Crippen LogP contribution in [0.4, 0.5) is 0 Å². The Kier molecular flexibility index (Phi) is 11.7. The second-order valence-electron chi connectivity index (χ2n) is 12.3. The smallest absolute Gasteiger partial charge is 0.268 e. The first-order valence-corrected chi connectivity index (χ1v) is 17.2. The molecule has 244 valence electrons. The number of fused-ring (bicyclic) bond motifs is 2. The minimum absolute atomic E-state index is 0. The number of halogens is 3. The summed E-state index contributed by atoms with van der Waals surface area (Å²) < 4.78 is 2.32. The fraction of sp³-hybridized carbons (Fsp3) is 0.500. The highest BCUT2D eigenvalue weighted by Crippen LogP contribution is 2.36. The number of hydrogen-bond acceptors (Lipinski definition) is 9. The Morgan fingerprint density at radius 3 is 2.24 bits per heavy atom. The zero-order valence-electron chi connectivity index (χ0n) is 25.7. The number of aromatic amines is 3. The second-order valence-corrected chi connectivity index (χ2v) is 15.8. The van der Waals surface area contributed by atoms with E-state index in [4.69, 9.17) is 4.98 Å². The number of aryl methyl sites for hydroxylation is 1. The molecule has 7 heterocycles. The maximum atomic E-state index is 12.4. The van der Waals surface area contributed by atoms with Crippen LogP contribution in [0.5, 0.6) is 0 Å². The molecule has 0 amide bonds. The van der Waals surface area contributed by atoms with Gasteiger partial charge in [0, 0.05) is 21.7 Å². The number of hydrogen-bond donors (Lipinski definition) is 4. The molecule has 0 radical (unpaired) electrons. The van der Waals surface area contributed by atoms with Gasteiger partial charge in [-0.05, 0) is 94.5 Å². The van der Waals surface area contributed by atoms with Gasteiger partial charge in [-0.2, -0.15) is 5.10 Å². The second kappa shape index (κ2) is 14.7. The van der Waals surface area contributed by atoms with Crippen LogP contribution in [-0.2, 0) is 0 Å². The lowest BCUT2D eigenvalue weighted by Crippen LogP contribution is -2.47. The third-order valence-electron chi connectivity index (χ3n) is 8.19. The lowest BCUT2D eigenvalue weighted by Gasteiger charge is -2.44. The molecular weight excluding hydrogens is 719 g/mol. The quantitative estimate of drug-likeness (QED) is 0.151. The van der Waals surface area contributed by atoms with Crippen molar-refractivity contribution in [3.8, 4) is 10.4 Å². The van der Waals surface area contributed by atoms with Gasteiger partial charge in [-0.15, -0.1) is 47.5 Å². The zero-order valence-corrected chi connectivity index (χ0v) is 30.5. The molecule has 45 heavy (non-hydrogen) atoms. The molecule has 2 aliphatic heterocycles. The normalized spacial score (nSPS) is 19.0. The summed E-state index contributed by atoms with van der Waals surface area (Å²) in [5.74, 6) is 1.57. The molecule has 2 fully saturated rings. The van der Waals surface area contributed by atoms with Crippen molar-refractivity contribution in [3.05, 3.63) is 60.2 Å². The van der Waals surface area contributed by atoms with Gasteiger partial charge in [0.25, 0.3) is 11.1 Å². The van der Waals surface area contributed by atoms with Gasteiger partial charge >= 0.3 is 0 Å². The van der Waals surface area contributed by atoms with E-state index in [2.05, 4.69) is 72.1 Å². The molecule has 15 heteroatoms. The van der Waals surface area contributed by atoms with Gasteiger partial charge in [0.1, 0.15) is 21.0 Å². The molecule has 2 atom stereocenters. The number of H-pyrrole nitrogens is 3. The van der Waals surface area contributed by atoms with Crippen LogP contribution in [-0.4, -0.2) is 53.7 Å². The van der Waals surface area contributed by atoms with Crippen molar-refractivity contribution in [1.82, 2.24) is 40.3 Å². The first-order chi connectivity index (χ1) is 20.6. The monoisotopic (exact) mass is 756 g/mol. The molecule has 0 aromatic carbocycles. The van der Waals surface area contributed by atoms with Crippen LogP contribution in [0.1, 0.15) is 88.7 Å². The zero-order chi connectivity index (χ0) is 30.3. The van der Waals surface area contributed by atoms with Gasteiger partial charge in [-0.1, -0.05) is 12.8 Å². The molecule has 0 aliphatic carbocycles. The number of thiophene rings is 2. The van der Waals surface area contributed by atoms with Crippen LogP contribution in [0, 0.1) is 6.92 Å². The first kappa shape index (κ1) is 35.7. The predicted octanol–water partition coefficient (Wildman–Crippen LogP) is 7.41. The molecule has 10 nitrogen and oxygen atoms in total. The Morgan fingerprint density at radius 2 is 1.58 bits per heavy atom. The van der Waals surface area contributed by atoms with E-state index in [1.54, 1.807) is 6.20 Å². The lowest BCUT2D eigenvalue weighted by atomic mass is 9.94. The molecule has 7 rings (SSSR count). The van der Waals surface area contributed by atoms with Gasteiger partial charge in [0.05, 0.1) is 33.1 Å². The molecule has 5 aromatic heterocycles. The minimum atomic E-state index is -0.0511. The molecular formula is C30H39BrCl2N8O2S2. The maximum Gasteiger partial charge on any atom is 0.268 e. The fourth-order valence-corrected chi connectivity index (χ4v) is 8.53.